The van der Waals surface area contributed by atoms with E-state index in [4.69, 9.17) is 16.0 Å². The first-order valence-corrected chi connectivity index (χ1v) is 8.23. The Balaban J connectivity index is 3.04. The molecule has 0 saturated carbocycles. The van der Waals surface area contributed by atoms with Crippen LogP contribution in [0.2, 0.25) is 24.7 Å². The van der Waals surface area contributed by atoms with E-state index in [1.165, 1.54) is 6.07 Å². The number of benzene rings is 1. The normalized spacial score (nSPS) is 11.6. The molecule has 78 valence electrons. The fourth-order valence-electron chi connectivity index (χ4n) is 1.04. The van der Waals surface area contributed by atoms with E-state index in [2.05, 4.69) is 0 Å². The SMILES string of the molecule is Cc1cc(Cl)c(O[Si](C)(C)C)cc1F. The number of aryl methyl sites for hydroxylation is 1. The lowest BCUT2D eigenvalue weighted by molar-refractivity contribution is 0.543. The maximum absolute atomic E-state index is 13.2. The van der Waals surface area contributed by atoms with Crippen LogP contribution >= 0.6 is 11.6 Å². The van der Waals surface area contributed by atoms with E-state index in [0.29, 0.717) is 16.3 Å². The minimum absolute atomic E-state index is 0.275. The van der Waals surface area contributed by atoms with Gasteiger partial charge in [0.05, 0.1) is 5.02 Å². The van der Waals surface area contributed by atoms with E-state index in [0.717, 1.165) is 0 Å². The van der Waals surface area contributed by atoms with Gasteiger partial charge >= 0.3 is 0 Å². The molecular weight excluding hydrogens is 219 g/mol. The van der Waals surface area contributed by atoms with Gasteiger partial charge in [-0.1, -0.05) is 11.6 Å². The highest BCUT2D eigenvalue weighted by Gasteiger charge is 2.18. The van der Waals surface area contributed by atoms with Crippen LogP contribution in [0.5, 0.6) is 5.75 Å². The zero-order chi connectivity index (χ0) is 10.9. The fraction of sp³-hybridized carbons (Fsp3) is 0.400. The molecule has 0 spiro atoms. The van der Waals surface area contributed by atoms with Gasteiger partial charge in [-0.3, -0.25) is 0 Å². The van der Waals surface area contributed by atoms with Crippen molar-refractivity contribution in [1.82, 2.24) is 0 Å². The Hall–Kier alpha value is -0.543. The Morgan fingerprint density at radius 1 is 1.29 bits per heavy atom. The molecule has 0 aliphatic rings. The predicted molar refractivity (Wildman–Crippen MR) is 60.1 cm³/mol. The summed E-state index contributed by atoms with van der Waals surface area (Å²) in [4.78, 5) is 0. The van der Waals surface area contributed by atoms with Crippen LogP contribution in [0.25, 0.3) is 0 Å². The Morgan fingerprint density at radius 3 is 2.36 bits per heavy atom. The zero-order valence-corrected chi connectivity index (χ0v) is 10.6. The lowest BCUT2D eigenvalue weighted by Crippen LogP contribution is -2.29. The van der Waals surface area contributed by atoms with Gasteiger partial charge in [-0.05, 0) is 38.2 Å². The lowest BCUT2D eigenvalue weighted by atomic mass is 10.2. The van der Waals surface area contributed by atoms with Crippen molar-refractivity contribution in [3.05, 3.63) is 28.5 Å². The Kier molecular flexibility index (Phi) is 3.22. The Labute approximate surface area is 90.0 Å². The van der Waals surface area contributed by atoms with Crippen molar-refractivity contribution in [3.8, 4) is 5.75 Å². The summed E-state index contributed by atoms with van der Waals surface area (Å²) in [6, 6.07) is 2.95. The third-order valence-corrected chi connectivity index (χ3v) is 2.76. The largest absolute Gasteiger partial charge is 0.543 e. The van der Waals surface area contributed by atoms with E-state index in [-0.39, 0.29) is 5.82 Å². The first kappa shape index (κ1) is 11.5. The van der Waals surface area contributed by atoms with Gasteiger partial charge in [0.25, 0.3) is 0 Å². The number of hydrogen-bond acceptors (Lipinski definition) is 1. The van der Waals surface area contributed by atoms with Crippen molar-refractivity contribution in [2.75, 3.05) is 0 Å². The van der Waals surface area contributed by atoms with E-state index in [1.807, 2.05) is 19.6 Å². The van der Waals surface area contributed by atoms with Gasteiger partial charge in [0.2, 0.25) is 8.32 Å². The van der Waals surface area contributed by atoms with Crippen LogP contribution in [-0.4, -0.2) is 8.32 Å². The number of hydrogen-bond donors (Lipinski definition) is 0. The van der Waals surface area contributed by atoms with Crippen LogP contribution < -0.4 is 4.43 Å². The van der Waals surface area contributed by atoms with Crippen molar-refractivity contribution in [3.63, 3.8) is 0 Å². The molecule has 0 fully saturated rings. The van der Waals surface area contributed by atoms with Gasteiger partial charge in [0.1, 0.15) is 11.6 Å². The van der Waals surface area contributed by atoms with Crippen LogP contribution in [0.1, 0.15) is 5.56 Å². The summed E-state index contributed by atoms with van der Waals surface area (Å²) >= 11 is 5.94. The highest BCUT2D eigenvalue weighted by molar-refractivity contribution is 6.70. The second kappa shape index (κ2) is 3.91. The molecule has 0 heterocycles. The topological polar surface area (TPSA) is 9.23 Å². The molecule has 4 heteroatoms. The molecule has 1 nitrogen and oxygen atoms in total. The highest BCUT2D eigenvalue weighted by atomic mass is 35.5. The first-order valence-electron chi connectivity index (χ1n) is 4.44. The van der Waals surface area contributed by atoms with Crippen LogP contribution in [-0.2, 0) is 0 Å². The summed E-state index contributed by atoms with van der Waals surface area (Å²) < 4.78 is 18.8. The van der Waals surface area contributed by atoms with Crippen molar-refractivity contribution in [2.45, 2.75) is 26.6 Å². The molecule has 0 atom stereocenters. The summed E-state index contributed by atoms with van der Waals surface area (Å²) in [7, 11) is -1.72. The Morgan fingerprint density at radius 2 is 1.86 bits per heavy atom. The summed E-state index contributed by atoms with van der Waals surface area (Å²) in [5.74, 6) is 0.177. The highest BCUT2D eigenvalue weighted by Crippen LogP contribution is 2.29. The molecule has 14 heavy (non-hydrogen) atoms. The maximum atomic E-state index is 13.2. The quantitative estimate of drug-likeness (QED) is 0.701. The molecule has 0 unspecified atom stereocenters. The number of rotatable bonds is 2. The van der Waals surface area contributed by atoms with Gasteiger partial charge in [0, 0.05) is 6.07 Å². The molecule has 0 amide bonds. The molecule has 0 aromatic heterocycles. The van der Waals surface area contributed by atoms with Crippen LogP contribution in [0.3, 0.4) is 0 Å². The van der Waals surface area contributed by atoms with Gasteiger partial charge < -0.3 is 4.43 Å². The van der Waals surface area contributed by atoms with Crippen LogP contribution in [0.4, 0.5) is 4.39 Å². The fourth-order valence-corrected chi connectivity index (χ4v) is 2.19. The minimum Gasteiger partial charge on any atom is -0.543 e. The number of halogens is 2. The van der Waals surface area contributed by atoms with Crippen LogP contribution in [0.15, 0.2) is 12.1 Å². The van der Waals surface area contributed by atoms with Crippen LogP contribution in [0, 0.1) is 12.7 Å². The van der Waals surface area contributed by atoms with E-state index in [1.54, 1.807) is 13.0 Å². The molecular formula is C10H14ClFOSi. The second-order valence-corrected chi connectivity index (χ2v) is 9.08. The van der Waals surface area contributed by atoms with Crippen molar-refractivity contribution in [1.29, 1.82) is 0 Å². The molecule has 0 radical (unpaired) electrons. The average Bonchev–Trinajstić information content (AvgIpc) is 1.97. The second-order valence-electron chi connectivity index (χ2n) is 4.25. The monoisotopic (exact) mass is 232 g/mol. The molecule has 0 aliphatic heterocycles. The maximum Gasteiger partial charge on any atom is 0.242 e. The van der Waals surface area contributed by atoms with Crippen molar-refractivity contribution in [2.24, 2.45) is 0 Å². The predicted octanol–water partition coefficient (Wildman–Crippen LogP) is 4.00. The van der Waals surface area contributed by atoms with E-state index >= 15 is 0 Å². The Bertz CT molecular complexity index is 347. The standard InChI is InChI=1S/C10H14ClFOSi/c1-7-5-8(11)10(6-9(7)12)13-14(2,3)4/h5-6H,1-4H3. The summed E-state index contributed by atoms with van der Waals surface area (Å²) in [6.45, 7) is 7.77. The molecule has 1 rings (SSSR count). The summed E-state index contributed by atoms with van der Waals surface area (Å²) in [6.07, 6.45) is 0. The van der Waals surface area contributed by atoms with E-state index < -0.39 is 8.32 Å². The van der Waals surface area contributed by atoms with Gasteiger partial charge in [-0.25, -0.2) is 4.39 Å². The molecule has 1 aromatic carbocycles. The minimum atomic E-state index is -1.72. The average molecular weight is 233 g/mol. The van der Waals surface area contributed by atoms with Gasteiger partial charge in [-0.2, -0.15) is 0 Å². The summed E-state index contributed by atoms with van der Waals surface area (Å²) in [5.41, 5.74) is 0.540. The lowest BCUT2D eigenvalue weighted by Gasteiger charge is -2.20. The van der Waals surface area contributed by atoms with E-state index in [9.17, 15) is 4.39 Å². The van der Waals surface area contributed by atoms with Gasteiger partial charge in [0.15, 0.2) is 0 Å². The third-order valence-electron chi connectivity index (χ3n) is 1.63. The summed E-state index contributed by atoms with van der Waals surface area (Å²) in [5, 5.41) is 0.478. The molecule has 0 aliphatic carbocycles. The zero-order valence-electron chi connectivity index (χ0n) is 8.82. The van der Waals surface area contributed by atoms with Crippen molar-refractivity contribution >= 4 is 19.9 Å². The van der Waals surface area contributed by atoms with Gasteiger partial charge in [-0.15, -0.1) is 0 Å². The molecule has 1 aromatic rings. The molecule has 0 saturated heterocycles. The van der Waals surface area contributed by atoms with Crippen molar-refractivity contribution < 1.29 is 8.82 Å². The smallest absolute Gasteiger partial charge is 0.242 e. The molecule has 0 N–H and O–H groups in total. The first-order chi connectivity index (χ1) is 6.29. The molecule has 0 bridgehead atoms. The third kappa shape index (κ3) is 2.99.